The number of alkyl halides is 2. The van der Waals surface area contributed by atoms with Crippen molar-refractivity contribution in [2.24, 2.45) is 5.92 Å². The van der Waals surface area contributed by atoms with E-state index in [0.29, 0.717) is 23.8 Å². The molecule has 0 saturated heterocycles. The third-order valence-electron chi connectivity index (χ3n) is 6.00. The first-order valence-electron chi connectivity index (χ1n) is 10.6. The number of ketones is 1. The van der Waals surface area contributed by atoms with Gasteiger partial charge < -0.3 is 5.32 Å². The van der Waals surface area contributed by atoms with Crippen LogP contribution in [0.4, 0.5) is 28.9 Å². The number of carbonyl (C=O) groups excluding carboxylic acids is 2. The average Bonchev–Trinajstić information content (AvgIpc) is 3.43. The maximum absolute atomic E-state index is 14.5. The van der Waals surface area contributed by atoms with Crippen LogP contribution in [-0.2, 0) is 11.2 Å². The van der Waals surface area contributed by atoms with Crippen molar-refractivity contribution in [1.29, 1.82) is 0 Å². The summed E-state index contributed by atoms with van der Waals surface area (Å²) >= 11 is 30.6. The lowest BCUT2D eigenvalue weighted by atomic mass is 10.00. The van der Waals surface area contributed by atoms with Gasteiger partial charge in [-0.2, -0.15) is 4.39 Å². The lowest BCUT2D eigenvalue weighted by molar-refractivity contribution is -0.387. The molecule has 1 saturated carbocycles. The number of anilines is 1. The Balaban J connectivity index is 1.59. The van der Waals surface area contributed by atoms with Crippen LogP contribution in [0.3, 0.4) is 0 Å². The van der Waals surface area contributed by atoms with Crippen LogP contribution in [0.15, 0.2) is 36.4 Å². The zero-order valence-corrected chi connectivity index (χ0v) is 22.6. The molecule has 2 atom stereocenters. The molecule has 0 aliphatic heterocycles. The van der Waals surface area contributed by atoms with Gasteiger partial charge in [0.15, 0.2) is 17.4 Å². The van der Waals surface area contributed by atoms with Crippen LogP contribution in [-0.4, -0.2) is 20.9 Å². The minimum absolute atomic E-state index is 0.0716. The molecule has 3 aromatic carbocycles. The minimum atomic E-state index is -1.66. The molecule has 204 valence electrons. The molecule has 0 radical (unpaired) electrons. The van der Waals surface area contributed by atoms with Crippen LogP contribution >= 0.6 is 58.0 Å². The molecule has 39 heavy (non-hydrogen) atoms. The van der Waals surface area contributed by atoms with Crippen molar-refractivity contribution in [1.82, 2.24) is 0 Å². The van der Waals surface area contributed by atoms with Crippen LogP contribution in [0, 0.1) is 39.3 Å². The molecule has 0 aromatic heterocycles. The molecule has 0 heterocycles. The molecule has 0 bridgehead atoms. The number of nitrogens with one attached hydrogen (secondary N) is 1. The average molecular weight is 645 g/mol. The quantitative estimate of drug-likeness (QED) is 0.0704. The molecule has 1 N–H and O–H groups in total. The SMILES string of the molecule is O=C(Cc1c(F)ccc([N+](=O)[O-])c1F)c1cc(NC(=O)[C@H]2[C@H](c3cc(Cl)c(Cl)c(Cl)c3)C2(Cl)Cl)cc(F)c1F. The van der Waals surface area contributed by atoms with Crippen LogP contribution in [0.1, 0.15) is 27.4 Å². The molecular weight excluding hydrogens is 634 g/mol. The van der Waals surface area contributed by atoms with Crippen molar-refractivity contribution in [2.75, 3.05) is 5.32 Å². The molecule has 15 heteroatoms. The van der Waals surface area contributed by atoms with Crippen molar-refractivity contribution < 1.29 is 32.1 Å². The second kappa shape index (κ2) is 10.7. The molecule has 3 aromatic rings. The Morgan fingerprint density at radius 2 is 1.56 bits per heavy atom. The van der Waals surface area contributed by atoms with Gasteiger partial charge in [0.25, 0.3) is 0 Å². The lowest BCUT2D eigenvalue weighted by Crippen LogP contribution is -2.18. The molecule has 1 amide bonds. The van der Waals surface area contributed by atoms with E-state index in [9.17, 15) is 37.3 Å². The molecule has 4 rings (SSSR count). The highest BCUT2D eigenvalue weighted by molar-refractivity contribution is 6.54. The van der Waals surface area contributed by atoms with E-state index < -0.39 is 85.0 Å². The van der Waals surface area contributed by atoms with Gasteiger partial charge in [0.1, 0.15) is 10.2 Å². The number of nitro benzene ring substituents is 1. The van der Waals surface area contributed by atoms with E-state index in [4.69, 9.17) is 58.0 Å². The van der Waals surface area contributed by atoms with Crippen molar-refractivity contribution in [3.63, 3.8) is 0 Å². The van der Waals surface area contributed by atoms with Crippen molar-refractivity contribution in [3.05, 3.63) is 102 Å². The third kappa shape index (κ3) is 5.53. The lowest BCUT2D eigenvalue weighted by Gasteiger charge is -2.10. The molecule has 6 nitrogen and oxygen atoms in total. The predicted octanol–water partition coefficient (Wildman–Crippen LogP) is 8.06. The van der Waals surface area contributed by atoms with E-state index in [0.717, 1.165) is 6.07 Å². The van der Waals surface area contributed by atoms with E-state index in [1.165, 1.54) is 12.1 Å². The van der Waals surface area contributed by atoms with E-state index in [-0.39, 0.29) is 15.1 Å². The normalized spacial score (nSPS) is 17.6. The maximum Gasteiger partial charge on any atom is 0.305 e. The minimum Gasteiger partial charge on any atom is -0.326 e. The fourth-order valence-electron chi connectivity index (χ4n) is 4.05. The Bertz CT molecular complexity index is 1550. The summed E-state index contributed by atoms with van der Waals surface area (Å²) in [7, 11) is 0. The first-order chi connectivity index (χ1) is 18.1. The van der Waals surface area contributed by atoms with Gasteiger partial charge in [-0.25, -0.2) is 13.2 Å². The van der Waals surface area contributed by atoms with Crippen LogP contribution in [0.2, 0.25) is 15.1 Å². The fourth-order valence-corrected chi connectivity index (χ4v) is 5.49. The number of nitro groups is 1. The van der Waals surface area contributed by atoms with E-state index in [1.807, 2.05) is 0 Å². The number of nitrogens with zero attached hydrogens (tertiary/aromatic N) is 1. The van der Waals surface area contributed by atoms with Gasteiger partial charge in [0.05, 0.1) is 31.5 Å². The number of hydrogen-bond donors (Lipinski definition) is 1. The number of amides is 1. The Morgan fingerprint density at radius 3 is 2.15 bits per heavy atom. The Kier molecular flexibility index (Phi) is 8.08. The second-order valence-corrected chi connectivity index (χ2v) is 11.1. The summed E-state index contributed by atoms with van der Waals surface area (Å²) in [5, 5.41) is 13.4. The number of benzene rings is 3. The third-order valence-corrected chi connectivity index (χ3v) is 8.13. The number of Topliss-reactive ketones (excluding diaryl/α,β-unsaturated/α-hetero) is 1. The topological polar surface area (TPSA) is 89.3 Å². The Hall–Kier alpha value is -2.63. The highest BCUT2D eigenvalue weighted by atomic mass is 35.5. The smallest absolute Gasteiger partial charge is 0.305 e. The number of carbonyl (C=O) groups is 2. The van der Waals surface area contributed by atoms with Crippen molar-refractivity contribution in [2.45, 2.75) is 16.7 Å². The molecular formula is C24H11Cl5F4N2O4. The zero-order valence-electron chi connectivity index (χ0n) is 18.8. The number of halogens is 9. The van der Waals surface area contributed by atoms with Gasteiger partial charge in [-0.05, 0) is 29.8 Å². The fraction of sp³-hybridized carbons (Fsp3) is 0.167. The van der Waals surface area contributed by atoms with Crippen LogP contribution < -0.4 is 5.32 Å². The number of rotatable bonds is 7. The summed E-state index contributed by atoms with van der Waals surface area (Å²) in [5.41, 5.74) is -3.12. The summed E-state index contributed by atoms with van der Waals surface area (Å²) < 4.78 is 55.7. The van der Waals surface area contributed by atoms with E-state index in [2.05, 4.69) is 5.32 Å². The highest BCUT2D eigenvalue weighted by Gasteiger charge is 2.67. The van der Waals surface area contributed by atoms with Gasteiger partial charge in [-0.3, -0.25) is 19.7 Å². The van der Waals surface area contributed by atoms with Crippen LogP contribution in [0.5, 0.6) is 0 Å². The molecule has 0 spiro atoms. The van der Waals surface area contributed by atoms with Gasteiger partial charge in [-0.15, -0.1) is 23.2 Å². The monoisotopic (exact) mass is 642 g/mol. The van der Waals surface area contributed by atoms with Gasteiger partial charge in [-0.1, -0.05) is 34.8 Å². The zero-order chi connectivity index (χ0) is 29.0. The van der Waals surface area contributed by atoms with Gasteiger partial charge in [0.2, 0.25) is 11.7 Å². The number of hydrogen-bond acceptors (Lipinski definition) is 4. The predicted molar refractivity (Wildman–Crippen MR) is 138 cm³/mol. The Labute approximate surface area is 241 Å². The first kappa shape index (κ1) is 29.4. The second-order valence-electron chi connectivity index (χ2n) is 8.45. The summed E-state index contributed by atoms with van der Waals surface area (Å²) in [6.45, 7) is 0. The summed E-state index contributed by atoms with van der Waals surface area (Å²) in [6.07, 6.45) is -1.18. The summed E-state index contributed by atoms with van der Waals surface area (Å²) in [4.78, 5) is 35.4. The van der Waals surface area contributed by atoms with Crippen LogP contribution in [0.25, 0.3) is 0 Å². The maximum atomic E-state index is 14.5. The largest absolute Gasteiger partial charge is 0.326 e. The van der Waals surface area contributed by atoms with E-state index >= 15 is 0 Å². The molecule has 1 aliphatic rings. The Morgan fingerprint density at radius 1 is 0.949 bits per heavy atom. The van der Waals surface area contributed by atoms with Crippen molar-refractivity contribution in [3.8, 4) is 0 Å². The van der Waals surface area contributed by atoms with Crippen molar-refractivity contribution >= 4 is 81.1 Å². The molecule has 1 aliphatic carbocycles. The van der Waals surface area contributed by atoms with Gasteiger partial charge in [0, 0.05) is 35.7 Å². The first-order valence-corrected chi connectivity index (χ1v) is 12.5. The summed E-state index contributed by atoms with van der Waals surface area (Å²) in [5.74, 6) is -10.3. The standard InChI is InChI=1S/C24H11Cl5F4N2O4/c25-12-3-8(4-13(26)20(12)27)18-19(24(18,28)29)23(37)34-9-5-11(21(32)15(31)6-9)17(36)7-10-14(30)1-2-16(22(10)33)35(38)39/h1-6,18-19H,7H2,(H,34,37)/t18-,19+/m0/s1. The van der Waals surface area contributed by atoms with E-state index in [1.54, 1.807) is 0 Å². The molecule has 0 unspecified atom stereocenters. The highest BCUT2D eigenvalue weighted by Crippen LogP contribution is 2.65. The van der Waals surface area contributed by atoms with Gasteiger partial charge >= 0.3 is 5.69 Å². The molecule has 1 fully saturated rings. The summed E-state index contributed by atoms with van der Waals surface area (Å²) in [6, 6.07) is 5.25.